The number of carboxylic acids is 1. The van der Waals surface area contributed by atoms with Gasteiger partial charge in [0.05, 0.1) is 5.56 Å². The standard InChI is InChI=1S/C13H15NO5/c15-9-3-4-10(11(16)5-9)13(19)14(7-12(17)18)6-8-1-2-8/h3-5,8,15-16H,1-2,6-7H2,(H,17,18). The summed E-state index contributed by atoms with van der Waals surface area (Å²) in [4.78, 5) is 24.2. The number of phenolic OH excluding ortho intramolecular Hbond substituents is 2. The fraction of sp³-hybridized carbons (Fsp3) is 0.385. The Kier molecular flexibility index (Phi) is 3.59. The normalized spacial score (nSPS) is 14.1. The molecule has 19 heavy (non-hydrogen) atoms. The smallest absolute Gasteiger partial charge is 0.323 e. The van der Waals surface area contributed by atoms with Gasteiger partial charge in [0.2, 0.25) is 0 Å². The molecule has 1 aromatic rings. The van der Waals surface area contributed by atoms with Crippen molar-refractivity contribution in [2.45, 2.75) is 12.8 Å². The van der Waals surface area contributed by atoms with Crippen LogP contribution in [0.15, 0.2) is 18.2 Å². The van der Waals surface area contributed by atoms with E-state index in [1.165, 1.54) is 17.0 Å². The van der Waals surface area contributed by atoms with Gasteiger partial charge in [-0.15, -0.1) is 0 Å². The van der Waals surface area contributed by atoms with Crippen LogP contribution in [0.25, 0.3) is 0 Å². The van der Waals surface area contributed by atoms with Crippen LogP contribution in [0.2, 0.25) is 0 Å². The third-order valence-electron chi connectivity index (χ3n) is 3.00. The van der Waals surface area contributed by atoms with Gasteiger partial charge in [0.25, 0.3) is 5.91 Å². The first kappa shape index (κ1) is 13.2. The second-order valence-electron chi connectivity index (χ2n) is 4.72. The number of hydrogen-bond acceptors (Lipinski definition) is 4. The van der Waals surface area contributed by atoms with Crippen molar-refractivity contribution in [1.29, 1.82) is 0 Å². The molecule has 3 N–H and O–H groups in total. The molecule has 6 nitrogen and oxygen atoms in total. The maximum atomic E-state index is 12.2. The molecule has 1 aromatic carbocycles. The van der Waals surface area contributed by atoms with E-state index in [-0.39, 0.29) is 17.1 Å². The molecule has 0 saturated heterocycles. The van der Waals surface area contributed by atoms with Gasteiger partial charge >= 0.3 is 5.97 Å². The Morgan fingerprint density at radius 3 is 2.47 bits per heavy atom. The lowest BCUT2D eigenvalue weighted by Gasteiger charge is -2.21. The number of nitrogens with zero attached hydrogens (tertiary/aromatic N) is 1. The Bertz CT molecular complexity index is 510. The second-order valence-corrected chi connectivity index (χ2v) is 4.72. The lowest BCUT2D eigenvalue weighted by atomic mass is 10.1. The van der Waals surface area contributed by atoms with Crippen LogP contribution in [0.4, 0.5) is 0 Å². The summed E-state index contributed by atoms with van der Waals surface area (Å²) in [7, 11) is 0. The number of amides is 1. The van der Waals surface area contributed by atoms with Crippen molar-refractivity contribution in [2.24, 2.45) is 5.92 Å². The van der Waals surface area contributed by atoms with E-state index >= 15 is 0 Å². The minimum Gasteiger partial charge on any atom is -0.508 e. The quantitative estimate of drug-likeness (QED) is 0.738. The Balaban J connectivity index is 2.19. The van der Waals surface area contributed by atoms with Gasteiger partial charge in [0.1, 0.15) is 18.0 Å². The molecular formula is C13H15NO5. The summed E-state index contributed by atoms with van der Waals surface area (Å²) < 4.78 is 0. The highest BCUT2D eigenvalue weighted by Gasteiger charge is 2.29. The van der Waals surface area contributed by atoms with Gasteiger partial charge in [-0.05, 0) is 30.9 Å². The number of aliphatic carboxylic acids is 1. The first-order valence-corrected chi connectivity index (χ1v) is 6.00. The van der Waals surface area contributed by atoms with Crippen molar-refractivity contribution < 1.29 is 24.9 Å². The van der Waals surface area contributed by atoms with E-state index in [1.54, 1.807) is 0 Å². The average Bonchev–Trinajstić information content (AvgIpc) is 3.10. The van der Waals surface area contributed by atoms with Gasteiger partial charge in [-0.3, -0.25) is 9.59 Å². The number of aromatic hydroxyl groups is 2. The van der Waals surface area contributed by atoms with Crippen LogP contribution >= 0.6 is 0 Å². The molecule has 1 aliphatic carbocycles. The van der Waals surface area contributed by atoms with Gasteiger partial charge in [-0.1, -0.05) is 0 Å². The molecule has 0 heterocycles. The molecule has 1 fully saturated rings. The van der Waals surface area contributed by atoms with Crippen molar-refractivity contribution in [3.63, 3.8) is 0 Å². The minimum atomic E-state index is -1.09. The number of phenols is 2. The van der Waals surface area contributed by atoms with Crippen molar-refractivity contribution in [2.75, 3.05) is 13.1 Å². The molecule has 0 atom stereocenters. The molecule has 0 unspecified atom stereocenters. The Morgan fingerprint density at radius 1 is 1.26 bits per heavy atom. The molecule has 0 aliphatic heterocycles. The number of hydrogen-bond donors (Lipinski definition) is 3. The summed E-state index contributed by atoms with van der Waals surface area (Å²) in [6.45, 7) is -0.0128. The lowest BCUT2D eigenvalue weighted by molar-refractivity contribution is -0.137. The van der Waals surface area contributed by atoms with E-state index in [2.05, 4.69) is 0 Å². The molecule has 102 valence electrons. The summed E-state index contributed by atoms with van der Waals surface area (Å²) in [5.41, 5.74) is -0.000278. The predicted molar refractivity (Wildman–Crippen MR) is 66.0 cm³/mol. The van der Waals surface area contributed by atoms with Crippen molar-refractivity contribution in [1.82, 2.24) is 4.90 Å². The maximum Gasteiger partial charge on any atom is 0.323 e. The van der Waals surface area contributed by atoms with Gasteiger partial charge in [-0.25, -0.2) is 0 Å². The molecule has 0 radical (unpaired) electrons. The summed E-state index contributed by atoms with van der Waals surface area (Å²) in [5, 5.41) is 27.6. The highest BCUT2D eigenvalue weighted by Crippen LogP contribution is 2.31. The zero-order chi connectivity index (χ0) is 14.0. The van der Waals surface area contributed by atoms with E-state index < -0.39 is 18.4 Å². The fourth-order valence-corrected chi connectivity index (χ4v) is 1.87. The third-order valence-corrected chi connectivity index (χ3v) is 3.00. The number of benzene rings is 1. The summed E-state index contributed by atoms with van der Waals surface area (Å²) in [6, 6.07) is 3.63. The van der Waals surface area contributed by atoms with Crippen molar-refractivity contribution >= 4 is 11.9 Å². The molecule has 1 aliphatic rings. The zero-order valence-electron chi connectivity index (χ0n) is 10.2. The van der Waals surface area contributed by atoms with E-state index in [0.29, 0.717) is 12.5 Å². The van der Waals surface area contributed by atoms with E-state index in [4.69, 9.17) is 5.11 Å². The van der Waals surface area contributed by atoms with Crippen LogP contribution in [0.3, 0.4) is 0 Å². The van der Waals surface area contributed by atoms with E-state index in [0.717, 1.165) is 18.9 Å². The first-order valence-electron chi connectivity index (χ1n) is 6.00. The van der Waals surface area contributed by atoms with Gasteiger partial charge in [0, 0.05) is 12.6 Å². The van der Waals surface area contributed by atoms with E-state index in [9.17, 15) is 19.8 Å². The SMILES string of the molecule is O=C(O)CN(CC1CC1)C(=O)c1ccc(O)cc1O. The van der Waals surface area contributed by atoms with Crippen LogP contribution in [-0.2, 0) is 4.79 Å². The molecular weight excluding hydrogens is 250 g/mol. The molecule has 0 bridgehead atoms. The van der Waals surface area contributed by atoms with Crippen molar-refractivity contribution in [3.8, 4) is 11.5 Å². The highest BCUT2D eigenvalue weighted by atomic mass is 16.4. The Labute approximate surface area is 109 Å². The van der Waals surface area contributed by atoms with Crippen LogP contribution in [0.5, 0.6) is 11.5 Å². The summed E-state index contributed by atoms with van der Waals surface area (Å²) >= 11 is 0. The van der Waals surface area contributed by atoms with Crippen LogP contribution in [0, 0.1) is 5.92 Å². The summed E-state index contributed by atoms with van der Waals surface area (Å²) in [5.74, 6) is -1.78. The van der Waals surface area contributed by atoms with Crippen molar-refractivity contribution in [3.05, 3.63) is 23.8 Å². The van der Waals surface area contributed by atoms with Crippen LogP contribution in [0.1, 0.15) is 23.2 Å². The fourth-order valence-electron chi connectivity index (χ4n) is 1.87. The van der Waals surface area contributed by atoms with Crippen LogP contribution < -0.4 is 0 Å². The van der Waals surface area contributed by atoms with Gasteiger partial charge in [-0.2, -0.15) is 0 Å². The molecule has 0 spiro atoms. The van der Waals surface area contributed by atoms with E-state index in [1.807, 2.05) is 0 Å². The Hall–Kier alpha value is -2.24. The molecule has 6 heteroatoms. The maximum absolute atomic E-state index is 12.2. The zero-order valence-corrected chi connectivity index (χ0v) is 10.2. The number of carboxylic acid groups (broad SMARTS) is 1. The Morgan fingerprint density at radius 2 is 1.95 bits per heavy atom. The molecule has 1 saturated carbocycles. The van der Waals surface area contributed by atoms with Gasteiger partial charge < -0.3 is 20.2 Å². The number of rotatable bonds is 5. The number of carbonyl (C=O) groups excluding carboxylic acids is 1. The molecule has 1 amide bonds. The molecule has 0 aromatic heterocycles. The number of carbonyl (C=O) groups is 2. The van der Waals surface area contributed by atoms with Gasteiger partial charge in [0.15, 0.2) is 0 Å². The average molecular weight is 265 g/mol. The minimum absolute atomic E-state index is 0.000278. The predicted octanol–water partition coefficient (Wildman–Crippen LogP) is 1.03. The van der Waals surface area contributed by atoms with Crippen LogP contribution in [-0.4, -0.2) is 45.2 Å². The monoisotopic (exact) mass is 265 g/mol. The topological polar surface area (TPSA) is 98.1 Å². The first-order chi connectivity index (χ1) is 8.97. The highest BCUT2D eigenvalue weighted by molar-refractivity contribution is 5.98. The second kappa shape index (κ2) is 5.17. The largest absolute Gasteiger partial charge is 0.508 e. The lowest BCUT2D eigenvalue weighted by Crippen LogP contribution is -2.37. The third kappa shape index (κ3) is 3.37. The molecule has 2 rings (SSSR count). The summed E-state index contributed by atoms with van der Waals surface area (Å²) in [6.07, 6.45) is 1.98.